The summed E-state index contributed by atoms with van der Waals surface area (Å²) in [5.41, 5.74) is 17.4. The van der Waals surface area contributed by atoms with Crippen molar-refractivity contribution in [3.8, 4) is 22.3 Å². The van der Waals surface area contributed by atoms with Crippen LogP contribution >= 0.6 is 0 Å². The third-order valence-electron chi connectivity index (χ3n) is 10.4. The maximum atomic E-state index is 13.2. The summed E-state index contributed by atoms with van der Waals surface area (Å²) < 4.78 is 37.1. The average Bonchev–Trinajstić information content (AvgIpc) is 2.97. The Labute approximate surface area is 273 Å². The van der Waals surface area contributed by atoms with E-state index in [9.17, 15) is 13.0 Å². The van der Waals surface area contributed by atoms with Gasteiger partial charge in [0.1, 0.15) is 4.90 Å². The van der Waals surface area contributed by atoms with Crippen LogP contribution < -0.4 is 14.7 Å². The lowest BCUT2D eigenvalue weighted by Gasteiger charge is -2.47. The molecule has 0 saturated heterocycles. The summed E-state index contributed by atoms with van der Waals surface area (Å²) in [6.45, 7) is 19.4. The molecule has 4 aromatic rings. The smallest absolute Gasteiger partial charge is 0.295 e. The Morgan fingerprint density at radius 2 is 1.20 bits per heavy atom. The number of aryl methyl sites for hydroxylation is 5. The molecule has 8 heteroatoms. The van der Waals surface area contributed by atoms with E-state index in [1.807, 2.05) is 32.0 Å². The standard InChI is InChI=1S/C38H44N4O3S/c1-9-40-20-39(8)17-31-15-28(12-24(4)35(31)40)29-13-25(5)36-32(16-29)18-41-21-42(36)19-34-37(41)26(6)14-33(38(34)46(43,44)45)30-10-22(2)27(7)23(3)11-30/h10-16H,9,17-21H2,1-8H3,(H,43,44,45). The molecule has 1 N–H and O–H groups in total. The molecule has 0 aromatic heterocycles. The summed E-state index contributed by atoms with van der Waals surface area (Å²) in [4.78, 5) is 9.39. The molecule has 3 aliphatic heterocycles. The van der Waals surface area contributed by atoms with Gasteiger partial charge in [0.15, 0.2) is 0 Å². The molecule has 0 aliphatic carbocycles. The molecule has 46 heavy (non-hydrogen) atoms. The number of benzene rings is 4. The minimum Gasteiger partial charge on any atom is -0.358 e. The van der Waals surface area contributed by atoms with Crippen molar-refractivity contribution in [3.05, 3.63) is 92.5 Å². The van der Waals surface area contributed by atoms with Gasteiger partial charge in [-0.2, -0.15) is 8.42 Å². The van der Waals surface area contributed by atoms with E-state index in [0.717, 1.165) is 53.4 Å². The number of rotatable bonds is 4. The maximum Gasteiger partial charge on any atom is 0.295 e. The number of anilines is 3. The molecule has 7 rings (SSSR count). The van der Waals surface area contributed by atoms with Gasteiger partial charge < -0.3 is 14.7 Å². The van der Waals surface area contributed by atoms with E-state index in [1.165, 1.54) is 44.6 Å². The highest BCUT2D eigenvalue weighted by Crippen LogP contribution is 2.47. The molecule has 2 bridgehead atoms. The third kappa shape index (κ3) is 4.89. The first-order valence-corrected chi connectivity index (χ1v) is 17.6. The summed E-state index contributed by atoms with van der Waals surface area (Å²) in [6, 6.07) is 15.3. The Morgan fingerprint density at radius 1 is 0.652 bits per heavy atom. The molecule has 0 unspecified atom stereocenters. The van der Waals surface area contributed by atoms with Gasteiger partial charge >= 0.3 is 0 Å². The van der Waals surface area contributed by atoms with Crippen molar-refractivity contribution < 1.29 is 13.0 Å². The quantitative estimate of drug-likeness (QED) is 0.231. The van der Waals surface area contributed by atoms with Crippen LogP contribution in [0.15, 0.2) is 47.4 Å². The number of hydrogen-bond acceptors (Lipinski definition) is 6. The molecule has 0 amide bonds. The van der Waals surface area contributed by atoms with Gasteiger partial charge in [0.2, 0.25) is 0 Å². The Morgan fingerprint density at radius 3 is 1.80 bits per heavy atom. The second-order valence-electron chi connectivity index (χ2n) is 13.8. The molecule has 3 heterocycles. The first kappa shape index (κ1) is 30.8. The summed E-state index contributed by atoms with van der Waals surface area (Å²) in [6.07, 6.45) is 0. The van der Waals surface area contributed by atoms with Crippen LogP contribution in [0.25, 0.3) is 22.3 Å². The fraction of sp³-hybridized carbons (Fsp3) is 0.368. The predicted octanol–water partition coefficient (Wildman–Crippen LogP) is 7.64. The van der Waals surface area contributed by atoms with Gasteiger partial charge in [-0.05, 0) is 147 Å². The van der Waals surface area contributed by atoms with Gasteiger partial charge in [-0.25, -0.2) is 0 Å². The minimum absolute atomic E-state index is 0.0267. The second kappa shape index (κ2) is 10.9. The summed E-state index contributed by atoms with van der Waals surface area (Å²) in [5, 5.41) is 0. The number of hydrogen-bond donors (Lipinski definition) is 1. The predicted molar refractivity (Wildman–Crippen MR) is 189 cm³/mol. The Kier molecular flexibility index (Phi) is 7.27. The normalized spacial score (nSPS) is 16.0. The van der Waals surface area contributed by atoms with Crippen LogP contribution in [0.3, 0.4) is 0 Å². The van der Waals surface area contributed by atoms with Gasteiger partial charge in [0, 0.05) is 54.4 Å². The Hall–Kier alpha value is -3.85. The van der Waals surface area contributed by atoms with E-state index >= 15 is 0 Å². The van der Waals surface area contributed by atoms with Crippen LogP contribution in [0.2, 0.25) is 0 Å². The van der Waals surface area contributed by atoms with E-state index in [1.54, 1.807) is 0 Å². The highest BCUT2D eigenvalue weighted by atomic mass is 32.2. The monoisotopic (exact) mass is 636 g/mol. The summed E-state index contributed by atoms with van der Waals surface area (Å²) in [7, 11) is -2.34. The molecule has 3 aliphatic rings. The molecule has 4 aromatic carbocycles. The van der Waals surface area contributed by atoms with Gasteiger partial charge in [-0.1, -0.05) is 12.1 Å². The maximum absolute atomic E-state index is 13.2. The topological polar surface area (TPSA) is 67.3 Å². The van der Waals surface area contributed by atoms with Gasteiger partial charge in [-0.15, -0.1) is 0 Å². The lowest BCUT2D eigenvalue weighted by molar-refractivity contribution is 0.310. The van der Waals surface area contributed by atoms with Crippen molar-refractivity contribution >= 4 is 27.2 Å². The zero-order valence-corrected chi connectivity index (χ0v) is 29.1. The second-order valence-corrected chi connectivity index (χ2v) is 15.1. The summed E-state index contributed by atoms with van der Waals surface area (Å²) >= 11 is 0. The van der Waals surface area contributed by atoms with Crippen LogP contribution in [0.5, 0.6) is 0 Å². The Bertz CT molecular complexity index is 2030. The highest BCUT2D eigenvalue weighted by molar-refractivity contribution is 7.86. The Balaban J connectivity index is 1.34. The fourth-order valence-corrected chi connectivity index (χ4v) is 9.22. The van der Waals surface area contributed by atoms with E-state index in [-0.39, 0.29) is 4.90 Å². The van der Waals surface area contributed by atoms with Crippen LogP contribution in [-0.2, 0) is 29.8 Å². The van der Waals surface area contributed by atoms with E-state index in [2.05, 4.69) is 85.5 Å². The van der Waals surface area contributed by atoms with Crippen LogP contribution in [0, 0.1) is 41.5 Å². The van der Waals surface area contributed by atoms with Crippen molar-refractivity contribution in [3.63, 3.8) is 0 Å². The molecule has 0 saturated carbocycles. The highest BCUT2D eigenvalue weighted by Gasteiger charge is 2.37. The number of nitrogens with zero attached hydrogens (tertiary/aromatic N) is 4. The molecule has 7 nitrogen and oxygen atoms in total. The lowest BCUT2D eigenvalue weighted by Crippen LogP contribution is -2.47. The minimum atomic E-state index is -4.52. The van der Waals surface area contributed by atoms with Crippen molar-refractivity contribution in [1.82, 2.24) is 4.90 Å². The molecule has 0 atom stereocenters. The zero-order chi connectivity index (χ0) is 32.8. The van der Waals surface area contributed by atoms with Gasteiger partial charge in [0.25, 0.3) is 10.1 Å². The fourth-order valence-electron chi connectivity index (χ4n) is 8.29. The first-order chi connectivity index (χ1) is 21.7. The van der Waals surface area contributed by atoms with Crippen molar-refractivity contribution in [2.75, 3.05) is 41.6 Å². The van der Waals surface area contributed by atoms with Crippen molar-refractivity contribution in [2.45, 2.75) is 73.0 Å². The van der Waals surface area contributed by atoms with Gasteiger partial charge in [-0.3, -0.25) is 9.45 Å². The molecular formula is C38H44N4O3S. The molecular weight excluding hydrogens is 593 g/mol. The molecule has 0 fully saturated rings. The van der Waals surface area contributed by atoms with E-state index < -0.39 is 10.1 Å². The molecule has 240 valence electrons. The van der Waals surface area contributed by atoms with Crippen LogP contribution in [0.1, 0.15) is 57.0 Å². The largest absolute Gasteiger partial charge is 0.358 e. The zero-order valence-electron chi connectivity index (χ0n) is 28.2. The summed E-state index contributed by atoms with van der Waals surface area (Å²) in [5.74, 6) is 0. The van der Waals surface area contributed by atoms with Crippen molar-refractivity contribution in [1.29, 1.82) is 0 Å². The van der Waals surface area contributed by atoms with Crippen LogP contribution in [-0.4, -0.2) is 44.8 Å². The van der Waals surface area contributed by atoms with Crippen molar-refractivity contribution in [2.24, 2.45) is 0 Å². The van der Waals surface area contributed by atoms with E-state index in [0.29, 0.717) is 30.9 Å². The third-order valence-corrected chi connectivity index (χ3v) is 11.3. The SMILES string of the molecule is CCN1CN(C)Cc2cc(-c3cc(C)c4c(c3)CN3CN4Cc4c3c(C)cc(-c3cc(C)c(C)c(C)c3)c4S(=O)(=O)O)cc(C)c21. The van der Waals surface area contributed by atoms with Crippen LogP contribution in [0.4, 0.5) is 17.1 Å². The van der Waals surface area contributed by atoms with E-state index in [4.69, 9.17) is 0 Å². The molecule has 0 radical (unpaired) electrons. The van der Waals surface area contributed by atoms with Gasteiger partial charge in [0.05, 0.1) is 13.3 Å². The first-order valence-electron chi connectivity index (χ1n) is 16.2. The lowest BCUT2D eigenvalue weighted by atomic mass is 9.89. The molecule has 0 spiro atoms. The number of fused-ring (bicyclic) bond motifs is 7. The average molecular weight is 637 g/mol.